The first-order valence-electron chi connectivity index (χ1n) is 7.97. The lowest BCUT2D eigenvalue weighted by atomic mass is 10.0. The Morgan fingerprint density at radius 3 is 2.83 bits per heavy atom. The number of benzene rings is 1. The lowest BCUT2D eigenvalue weighted by Crippen LogP contribution is -2.33. The third kappa shape index (κ3) is 3.64. The Balaban J connectivity index is 1.74. The summed E-state index contributed by atoms with van der Waals surface area (Å²) in [6.07, 6.45) is 2.54. The van der Waals surface area contributed by atoms with Crippen molar-refractivity contribution in [3.63, 3.8) is 0 Å². The van der Waals surface area contributed by atoms with Crippen molar-refractivity contribution in [2.75, 3.05) is 27.3 Å². The second-order valence-electron chi connectivity index (χ2n) is 6.06. The standard InChI is InChI=1S/C17H23N3O3/c1-12-5-4-8-20(10-12)11-16-18-17(19-23-16)13-6-7-14(21-2)15(9-13)22-3/h6-7,9,12H,4-5,8,10-11H2,1-3H3/t12-/m0/s1. The molecule has 23 heavy (non-hydrogen) atoms. The van der Waals surface area contributed by atoms with Crippen LogP contribution >= 0.6 is 0 Å². The molecule has 1 saturated heterocycles. The Hall–Kier alpha value is -2.08. The van der Waals surface area contributed by atoms with Gasteiger partial charge in [-0.1, -0.05) is 12.1 Å². The Labute approximate surface area is 136 Å². The number of ether oxygens (including phenoxy) is 2. The molecule has 124 valence electrons. The third-order valence-corrected chi connectivity index (χ3v) is 4.21. The topological polar surface area (TPSA) is 60.6 Å². The zero-order valence-electron chi connectivity index (χ0n) is 13.9. The van der Waals surface area contributed by atoms with Gasteiger partial charge in [-0.15, -0.1) is 0 Å². The number of aromatic nitrogens is 2. The van der Waals surface area contributed by atoms with Gasteiger partial charge in [-0.2, -0.15) is 4.98 Å². The molecular weight excluding hydrogens is 294 g/mol. The van der Waals surface area contributed by atoms with Crippen LogP contribution in [0.25, 0.3) is 11.4 Å². The van der Waals surface area contributed by atoms with E-state index in [9.17, 15) is 0 Å². The van der Waals surface area contributed by atoms with Crippen molar-refractivity contribution >= 4 is 0 Å². The van der Waals surface area contributed by atoms with Crippen LogP contribution in [0.15, 0.2) is 22.7 Å². The third-order valence-electron chi connectivity index (χ3n) is 4.21. The van der Waals surface area contributed by atoms with E-state index in [0.29, 0.717) is 29.8 Å². The van der Waals surface area contributed by atoms with Crippen LogP contribution in [-0.4, -0.2) is 42.3 Å². The predicted octanol–water partition coefficient (Wildman–Crippen LogP) is 2.99. The Morgan fingerprint density at radius 1 is 1.26 bits per heavy atom. The molecule has 0 spiro atoms. The monoisotopic (exact) mass is 317 g/mol. The summed E-state index contributed by atoms with van der Waals surface area (Å²) < 4.78 is 16.0. The quantitative estimate of drug-likeness (QED) is 0.845. The number of hydrogen-bond donors (Lipinski definition) is 0. The summed E-state index contributed by atoms with van der Waals surface area (Å²) >= 11 is 0. The van der Waals surface area contributed by atoms with Crippen LogP contribution in [0.2, 0.25) is 0 Å². The number of likely N-dealkylation sites (tertiary alicyclic amines) is 1. The molecule has 3 rings (SSSR count). The van der Waals surface area contributed by atoms with E-state index in [1.807, 2.05) is 18.2 Å². The molecule has 1 aliphatic heterocycles. The molecule has 2 aromatic rings. The molecule has 0 aliphatic carbocycles. The van der Waals surface area contributed by atoms with E-state index in [0.717, 1.165) is 24.6 Å². The zero-order chi connectivity index (χ0) is 16.2. The Morgan fingerprint density at radius 2 is 2.09 bits per heavy atom. The van der Waals surface area contributed by atoms with Gasteiger partial charge in [0.2, 0.25) is 11.7 Å². The zero-order valence-corrected chi connectivity index (χ0v) is 13.9. The predicted molar refractivity (Wildman–Crippen MR) is 86.5 cm³/mol. The van der Waals surface area contributed by atoms with Crippen LogP contribution in [-0.2, 0) is 6.54 Å². The number of methoxy groups -OCH3 is 2. The van der Waals surface area contributed by atoms with E-state index in [2.05, 4.69) is 22.0 Å². The average Bonchev–Trinajstić information content (AvgIpc) is 3.02. The second-order valence-corrected chi connectivity index (χ2v) is 6.06. The van der Waals surface area contributed by atoms with E-state index < -0.39 is 0 Å². The van der Waals surface area contributed by atoms with Crippen molar-refractivity contribution < 1.29 is 14.0 Å². The van der Waals surface area contributed by atoms with Crippen molar-refractivity contribution in [1.82, 2.24) is 15.0 Å². The molecule has 0 radical (unpaired) electrons. The summed E-state index contributed by atoms with van der Waals surface area (Å²) in [7, 11) is 3.23. The molecule has 0 unspecified atom stereocenters. The maximum Gasteiger partial charge on any atom is 0.241 e. The van der Waals surface area contributed by atoms with Crippen molar-refractivity contribution in [2.24, 2.45) is 5.92 Å². The van der Waals surface area contributed by atoms with E-state index in [1.165, 1.54) is 12.8 Å². The van der Waals surface area contributed by atoms with Gasteiger partial charge >= 0.3 is 0 Å². The van der Waals surface area contributed by atoms with Crippen molar-refractivity contribution in [3.8, 4) is 22.9 Å². The highest BCUT2D eigenvalue weighted by Gasteiger charge is 2.19. The molecule has 1 atom stereocenters. The summed E-state index contributed by atoms with van der Waals surface area (Å²) in [5.74, 6) is 3.30. The summed E-state index contributed by atoms with van der Waals surface area (Å²) in [6.45, 7) is 5.19. The molecule has 1 aromatic heterocycles. The fraction of sp³-hybridized carbons (Fsp3) is 0.529. The SMILES string of the molecule is COc1ccc(-c2noc(CN3CCC[C@H](C)C3)n2)cc1OC. The lowest BCUT2D eigenvalue weighted by Gasteiger charge is -2.29. The molecule has 6 heteroatoms. The summed E-state index contributed by atoms with van der Waals surface area (Å²) in [6, 6.07) is 5.60. The molecule has 0 bridgehead atoms. The van der Waals surface area contributed by atoms with Gasteiger partial charge in [0.05, 0.1) is 20.8 Å². The van der Waals surface area contributed by atoms with Crippen LogP contribution in [0.1, 0.15) is 25.7 Å². The Kier molecular flexibility index (Phi) is 4.81. The fourth-order valence-corrected chi connectivity index (χ4v) is 3.03. The van der Waals surface area contributed by atoms with Crippen molar-refractivity contribution in [2.45, 2.75) is 26.3 Å². The molecule has 0 saturated carbocycles. The smallest absolute Gasteiger partial charge is 0.241 e. The van der Waals surface area contributed by atoms with Gasteiger partial charge in [-0.05, 0) is 43.5 Å². The minimum absolute atomic E-state index is 0.575. The lowest BCUT2D eigenvalue weighted by molar-refractivity contribution is 0.157. The van der Waals surface area contributed by atoms with Gasteiger partial charge in [0.15, 0.2) is 11.5 Å². The first-order chi connectivity index (χ1) is 11.2. The van der Waals surface area contributed by atoms with E-state index in [4.69, 9.17) is 14.0 Å². The fourth-order valence-electron chi connectivity index (χ4n) is 3.03. The molecule has 0 amide bonds. The molecule has 1 fully saturated rings. The largest absolute Gasteiger partial charge is 0.493 e. The maximum atomic E-state index is 5.41. The minimum Gasteiger partial charge on any atom is -0.493 e. The molecule has 1 aliphatic rings. The number of piperidine rings is 1. The molecule has 6 nitrogen and oxygen atoms in total. The Bertz CT molecular complexity index is 656. The van der Waals surface area contributed by atoms with Crippen LogP contribution in [0.5, 0.6) is 11.5 Å². The minimum atomic E-state index is 0.575. The molecular formula is C17H23N3O3. The number of nitrogens with zero attached hydrogens (tertiary/aromatic N) is 3. The van der Waals surface area contributed by atoms with Crippen LogP contribution in [0.4, 0.5) is 0 Å². The molecule has 2 heterocycles. The van der Waals surface area contributed by atoms with Gasteiger partial charge in [0, 0.05) is 12.1 Å². The highest BCUT2D eigenvalue weighted by Crippen LogP contribution is 2.31. The van der Waals surface area contributed by atoms with Gasteiger partial charge in [0.25, 0.3) is 0 Å². The molecule has 0 N–H and O–H groups in total. The summed E-state index contributed by atoms with van der Waals surface area (Å²) in [5, 5.41) is 4.09. The van der Waals surface area contributed by atoms with Gasteiger partial charge in [0.1, 0.15) is 0 Å². The first-order valence-corrected chi connectivity index (χ1v) is 7.97. The second kappa shape index (κ2) is 7.00. The van der Waals surface area contributed by atoms with E-state index >= 15 is 0 Å². The van der Waals surface area contributed by atoms with E-state index in [-0.39, 0.29) is 0 Å². The average molecular weight is 317 g/mol. The van der Waals surface area contributed by atoms with Crippen molar-refractivity contribution in [3.05, 3.63) is 24.1 Å². The summed E-state index contributed by atoms with van der Waals surface area (Å²) in [4.78, 5) is 6.89. The van der Waals surface area contributed by atoms with Crippen molar-refractivity contribution in [1.29, 1.82) is 0 Å². The highest BCUT2D eigenvalue weighted by atomic mass is 16.5. The van der Waals surface area contributed by atoms with Crippen LogP contribution < -0.4 is 9.47 Å². The highest BCUT2D eigenvalue weighted by molar-refractivity contribution is 5.60. The maximum absolute atomic E-state index is 5.41. The van der Waals surface area contributed by atoms with Gasteiger partial charge < -0.3 is 14.0 Å². The van der Waals surface area contributed by atoms with Gasteiger partial charge in [-0.25, -0.2) is 0 Å². The summed E-state index contributed by atoms with van der Waals surface area (Å²) in [5.41, 5.74) is 0.852. The number of rotatable bonds is 5. The first kappa shape index (κ1) is 15.8. The normalized spacial score (nSPS) is 18.8. The van der Waals surface area contributed by atoms with Crippen LogP contribution in [0.3, 0.4) is 0 Å². The molecule has 1 aromatic carbocycles. The van der Waals surface area contributed by atoms with Crippen LogP contribution in [0, 0.1) is 5.92 Å². The van der Waals surface area contributed by atoms with E-state index in [1.54, 1.807) is 14.2 Å². The van der Waals surface area contributed by atoms with Gasteiger partial charge in [-0.3, -0.25) is 4.90 Å². The number of hydrogen-bond acceptors (Lipinski definition) is 6.